The number of nitrogens with zero attached hydrogens (tertiary/aromatic N) is 4. The van der Waals surface area contributed by atoms with Crippen molar-refractivity contribution in [2.24, 2.45) is 0 Å². The number of benzene rings is 1. The van der Waals surface area contributed by atoms with Crippen LogP contribution in [0.1, 0.15) is 15.9 Å². The van der Waals surface area contributed by atoms with Gasteiger partial charge in [-0.2, -0.15) is 0 Å². The summed E-state index contributed by atoms with van der Waals surface area (Å²) in [5, 5.41) is 0. The average molecular weight is 348 g/mol. The summed E-state index contributed by atoms with van der Waals surface area (Å²) in [4.78, 5) is 33.7. The molecule has 6 heteroatoms. The molecule has 1 saturated heterocycles. The van der Waals surface area contributed by atoms with Gasteiger partial charge >= 0.3 is 0 Å². The fourth-order valence-corrected chi connectivity index (χ4v) is 3.41. The summed E-state index contributed by atoms with van der Waals surface area (Å²) in [5.41, 5.74) is 2.77. The number of para-hydroxylation sites is 1. The molecule has 26 heavy (non-hydrogen) atoms. The van der Waals surface area contributed by atoms with Crippen LogP contribution in [0.5, 0.6) is 0 Å². The number of rotatable bonds is 2. The molecule has 0 aliphatic carbocycles. The second-order valence-corrected chi connectivity index (χ2v) is 6.47. The zero-order chi connectivity index (χ0) is 18.1. The van der Waals surface area contributed by atoms with Crippen LogP contribution < -0.4 is 10.5 Å². The highest BCUT2D eigenvalue weighted by molar-refractivity contribution is 5.94. The minimum absolute atomic E-state index is 0.123. The fraction of sp³-hybridized carbons (Fsp3) is 0.250. The molecule has 2 aromatic heterocycles. The molecule has 1 fully saturated rings. The quantitative estimate of drug-likeness (QED) is 0.710. The number of aromatic nitrogens is 2. The summed E-state index contributed by atoms with van der Waals surface area (Å²) in [6, 6.07) is 13.6. The van der Waals surface area contributed by atoms with Gasteiger partial charge in [-0.1, -0.05) is 24.3 Å². The highest BCUT2D eigenvalue weighted by atomic mass is 16.2. The van der Waals surface area contributed by atoms with Crippen LogP contribution in [0.2, 0.25) is 0 Å². The Labute approximate surface area is 151 Å². The monoisotopic (exact) mass is 348 g/mol. The third-order valence-electron chi connectivity index (χ3n) is 4.87. The molecule has 1 amide bonds. The van der Waals surface area contributed by atoms with E-state index in [-0.39, 0.29) is 17.0 Å². The first-order chi connectivity index (χ1) is 12.6. The molecule has 3 heterocycles. The highest BCUT2D eigenvalue weighted by Crippen LogP contribution is 2.21. The Balaban J connectivity index is 1.53. The van der Waals surface area contributed by atoms with Crippen LogP contribution in [0.3, 0.4) is 0 Å². The molecule has 1 aromatic carbocycles. The number of pyridine rings is 1. The molecule has 0 bridgehead atoms. The van der Waals surface area contributed by atoms with Crippen LogP contribution in [-0.4, -0.2) is 46.4 Å². The van der Waals surface area contributed by atoms with Gasteiger partial charge in [0.2, 0.25) is 0 Å². The van der Waals surface area contributed by atoms with E-state index in [1.165, 1.54) is 21.8 Å². The van der Waals surface area contributed by atoms with Gasteiger partial charge in [0.1, 0.15) is 11.2 Å². The maximum Gasteiger partial charge on any atom is 0.270 e. The molecule has 1 aliphatic rings. The van der Waals surface area contributed by atoms with Gasteiger partial charge in [0.25, 0.3) is 11.5 Å². The van der Waals surface area contributed by atoms with E-state index in [9.17, 15) is 9.59 Å². The van der Waals surface area contributed by atoms with Crippen LogP contribution in [-0.2, 0) is 0 Å². The van der Waals surface area contributed by atoms with E-state index in [0.29, 0.717) is 18.7 Å². The van der Waals surface area contributed by atoms with Crippen molar-refractivity contribution in [3.05, 3.63) is 76.3 Å². The van der Waals surface area contributed by atoms with Crippen molar-refractivity contribution in [2.45, 2.75) is 6.92 Å². The third-order valence-corrected chi connectivity index (χ3v) is 4.87. The number of hydrogen-bond acceptors (Lipinski definition) is 4. The second-order valence-electron chi connectivity index (χ2n) is 6.47. The summed E-state index contributed by atoms with van der Waals surface area (Å²) < 4.78 is 1.41. The number of amides is 1. The fourth-order valence-electron chi connectivity index (χ4n) is 3.41. The van der Waals surface area contributed by atoms with Gasteiger partial charge in [0.05, 0.1) is 0 Å². The van der Waals surface area contributed by atoms with Gasteiger partial charge in [0, 0.05) is 44.3 Å². The van der Waals surface area contributed by atoms with E-state index < -0.39 is 0 Å². The Bertz CT molecular complexity index is 1020. The standard InChI is InChI=1S/C20H20N4O2/c1-15-6-2-3-7-17(15)22-10-12-23(13-11-22)19(25)16-14-21-18-8-4-5-9-24(18)20(16)26/h2-9,14H,10-13H2,1H3. The zero-order valence-corrected chi connectivity index (χ0v) is 14.6. The van der Waals surface area contributed by atoms with Gasteiger partial charge < -0.3 is 9.80 Å². The van der Waals surface area contributed by atoms with Crippen molar-refractivity contribution in [2.75, 3.05) is 31.1 Å². The summed E-state index contributed by atoms with van der Waals surface area (Å²) in [7, 11) is 0. The van der Waals surface area contributed by atoms with Crippen molar-refractivity contribution in [1.82, 2.24) is 14.3 Å². The molecule has 0 unspecified atom stereocenters. The van der Waals surface area contributed by atoms with Crippen LogP contribution >= 0.6 is 0 Å². The molecule has 0 atom stereocenters. The normalized spacial score (nSPS) is 14.7. The Morgan fingerprint density at radius 1 is 1.00 bits per heavy atom. The topological polar surface area (TPSA) is 57.9 Å². The van der Waals surface area contributed by atoms with E-state index in [1.54, 1.807) is 23.2 Å². The Kier molecular flexibility index (Phi) is 4.16. The second kappa shape index (κ2) is 6.63. The lowest BCUT2D eigenvalue weighted by Gasteiger charge is -2.36. The van der Waals surface area contributed by atoms with Crippen molar-refractivity contribution < 1.29 is 4.79 Å². The highest BCUT2D eigenvalue weighted by Gasteiger charge is 2.25. The smallest absolute Gasteiger partial charge is 0.270 e. The van der Waals surface area contributed by atoms with Crippen molar-refractivity contribution in [3.63, 3.8) is 0 Å². The molecule has 3 aromatic rings. The van der Waals surface area contributed by atoms with Crippen molar-refractivity contribution >= 4 is 17.2 Å². The lowest BCUT2D eigenvalue weighted by molar-refractivity contribution is 0.0744. The molecule has 0 N–H and O–H groups in total. The molecule has 132 valence electrons. The predicted octanol–water partition coefficient (Wildman–Crippen LogP) is 1.97. The number of carbonyl (C=O) groups excluding carboxylic acids is 1. The van der Waals surface area contributed by atoms with Gasteiger partial charge in [-0.25, -0.2) is 4.98 Å². The predicted molar refractivity (Wildman–Crippen MR) is 101 cm³/mol. The third kappa shape index (κ3) is 2.83. The molecular weight excluding hydrogens is 328 g/mol. The molecule has 6 nitrogen and oxygen atoms in total. The van der Waals surface area contributed by atoms with E-state index in [0.717, 1.165) is 13.1 Å². The summed E-state index contributed by atoms with van der Waals surface area (Å²) in [5.74, 6) is -0.245. The van der Waals surface area contributed by atoms with E-state index in [2.05, 4.69) is 28.9 Å². The summed E-state index contributed by atoms with van der Waals surface area (Å²) in [6.45, 7) is 4.76. The molecule has 1 aliphatic heterocycles. The van der Waals surface area contributed by atoms with Crippen molar-refractivity contribution in [3.8, 4) is 0 Å². The Hall–Kier alpha value is -3.15. The number of fused-ring (bicyclic) bond motifs is 1. The zero-order valence-electron chi connectivity index (χ0n) is 14.6. The molecule has 0 radical (unpaired) electrons. The lowest BCUT2D eigenvalue weighted by Crippen LogP contribution is -2.50. The van der Waals surface area contributed by atoms with Gasteiger partial charge in [-0.15, -0.1) is 0 Å². The minimum atomic E-state index is -0.318. The van der Waals surface area contributed by atoms with Gasteiger partial charge in [0.15, 0.2) is 0 Å². The number of piperazine rings is 1. The molecular formula is C20H20N4O2. The summed E-state index contributed by atoms with van der Waals surface area (Å²) >= 11 is 0. The molecule has 4 rings (SSSR count). The van der Waals surface area contributed by atoms with Crippen LogP contribution in [0.25, 0.3) is 5.65 Å². The van der Waals surface area contributed by atoms with Crippen molar-refractivity contribution in [1.29, 1.82) is 0 Å². The first kappa shape index (κ1) is 16.3. The average Bonchev–Trinajstić information content (AvgIpc) is 2.69. The Morgan fingerprint density at radius 2 is 1.73 bits per heavy atom. The summed E-state index contributed by atoms with van der Waals surface area (Å²) in [6.07, 6.45) is 3.03. The first-order valence-electron chi connectivity index (χ1n) is 8.71. The first-order valence-corrected chi connectivity index (χ1v) is 8.71. The van der Waals surface area contributed by atoms with E-state index in [4.69, 9.17) is 0 Å². The van der Waals surface area contributed by atoms with E-state index >= 15 is 0 Å². The lowest BCUT2D eigenvalue weighted by atomic mass is 10.1. The Morgan fingerprint density at radius 3 is 2.50 bits per heavy atom. The minimum Gasteiger partial charge on any atom is -0.368 e. The maximum absolute atomic E-state index is 12.8. The number of carbonyl (C=O) groups is 1. The largest absolute Gasteiger partial charge is 0.368 e. The number of anilines is 1. The van der Waals surface area contributed by atoms with E-state index in [1.807, 2.05) is 18.2 Å². The van der Waals surface area contributed by atoms with Crippen LogP contribution in [0.15, 0.2) is 59.7 Å². The molecule has 0 spiro atoms. The van der Waals surface area contributed by atoms with Crippen LogP contribution in [0, 0.1) is 6.92 Å². The van der Waals surface area contributed by atoms with Gasteiger partial charge in [-0.05, 0) is 30.7 Å². The maximum atomic E-state index is 12.8. The molecule has 0 saturated carbocycles. The van der Waals surface area contributed by atoms with Crippen LogP contribution in [0.4, 0.5) is 5.69 Å². The number of aryl methyl sites for hydroxylation is 1. The number of hydrogen-bond donors (Lipinski definition) is 0. The van der Waals surface area contributed by atoms with Gasteiger partial charge in [-0.3, -0.25) is 14.0 Å². The SMILES string of the molecule is Cc1ccccc1N1CCN(C(=O)c2cnc3ccccn3c2=O)CC1.